The predicted molar refractivity (Wildman–Crippen MR) is 90.1 cm³/mol. The molecule has 24 heavy (non-hydrogen) atoms. The molecule has 0 unspecified atom stereocenters. The van der Waals surface area contributed by atoms with Crippen LogP contribution in [0, 0.1) is 5.92 Å². The summed E-state index contributed by atoms with van der Waals surface area (Å²) < 4.78 is 11.6. The highest BCUT2D eigenvalue weighted by molar-refractivity contribution is 5.71. The van der Waals surface area contributed by atoms with Gasteiger partial charge in [0.05, 0.1) is 13.2 Å². The van der Waals surface area contributed by atoms with Crippen LogP contribution in [0.2, 0.25) is 0 Å². The van der Waals surface area contributed by atoms with Crippen molar-refractivity contribution >= 4 is 12.1 Å². The van der Waals surface area contributed by atoms with Crippen molar-refractivity contribution < 1.29 is 19.5 Å². The van der Waals surface area contributed by atoms with Crippen molar-refractivity contribution in [1.82, 2.24) is 5.06 Å². The molecule has 0 radical (unpaired) electrons. The van der Waals surface area contributed by atoms with Gasteiger partial charge in [0.25, 0.3) is 0 Å². The molecule has 6 heteroatoms. The van der Waals surface area contributed by atoms with E-state index in [0.717, 1.165) is 29.2 Å². The molecule has 1 aromatic rings. The molecule has 0 bridgehead atoms. The van der Waals surface area contributed by atoms with Gasteiger partial charge < -0.3 is 15.2 Å². The van der Waals surface area contributed by atoms with Crippen molar-refractivity contribution in [3.63, 3.8) is 0 Å². The zero-order valence-electron chi connectivity index (χ0n) is 13.7. The highest BCUT2D eigenvalue weighted by Gasteiger charge is 2.17. The number of hydroxylamine groups is 2. The average molecular weight is 332 g/mol. The van der Waals surface area contributed by atoms with Gasteiger partial charge in [0, 0.05) is 5.56 Å². The summed E-state index contributed by atoms with van der Waals surface area (Å²) in [4.78, 5) is 10.9. The summed E-state index contributed by atoms with van der Waals surface area (Å²) in [6.07, 6.45) is 8.34. The highest BCUT2D eigenvalue weighted by atomic mass is 16.5. The van der Waals surface area contributed by atoms with Gasteiger partial charge in [-0.25, -0.2) is 9.86 Å². The maximum atomic E-state index is 10.9. The van der Waals surface area contributed by atoms with Crippen LogP contribution in [0.5, 0.6) is 11.5 Å². The normalized spacial score (nSPS) is 17.5. The van der Waals surface area contributed by atoms with Crippen LogP contribution >= 0.6 is 0 Å². The molecule has 3 rings (SSSR count). The van der Waals surface area contributed by atoms with Gasteiger partial charge in [-0.05, 0) is 48.6 Å². The SMILES string of the molecule is NC(=O)N(O)CC1=Cc2cc(OCC3CCCCC3)ccc2OC1. The summed E-state index contributed by atoms with van der Waals surface area (Å²) in [6, 6.07) is 4.86. The van der Waals surface area contributed by atoms with E-state index in [1.807, 2.05) is 24.3 Å². The second-order valence-electron chi connectivity index (χ2n) is 6.50. The number of hydrogen-bond acceptors (Lipinski definition) is 4. The lowest BCUT2D eigenvalue weighted by atomic mass is 9.90. The van der Waals surface area contributed by atoms with Gasteiger partial charge in [-0.15, -0.1) is 0 Å². The lowest BCUT2D eigenvalue weighted by molar-refractivity contribution is -0.0321. The molecule has 1 heterocycles. The maximum absolute atomic E-state index is 10.9. The first kappa shape index (κ1) is 16.6. The topological polar surface area (TPSA) is 85.0 Å². The second-order valence-corrected chi connectivity index (χ2v) is 6.50. The van der Waals surface area contributed by atoms with E-state index < -0.39 is 6.03 Å². The Bertz CT molecular complexity index is 623. The molecule has 0 spiro atoms. The number of hydrogen-bond donors (Lipinski definition) is 2. The fourth-order valence-electron chi connectivity index (χ4n) is 3.22. The molecule has 0 saturated heterocycles. The Kier molecular flexibility index (Phi) is 5.25. The quantitative estimate of drug-likeness (QED) is 0.640. The first-order chi connectivity index (χ1) is 11.6. The molecule has 1 aliphatic heterocycles. The van der Waals surface area contributed by atoms with E-state index in [4.69, 9.17) is 15.2 Å². The number of rotatable bonds is 5. The molecule has 130 valence electrons. The molecular formula is C18H24N2O4. The number of amides is 2. The number of primary amides is 1. The first-order valence-electron chi connectivity index (χ1n) is 8.47. The molecule has 1 fully saturated rings. The monoisotopic (exact) mass is 332 g/mol. The molecule has 1 aliphatic carbocycles. The molecule has 6 nitrogen and oxygen atoms in total. The third kappa shape index (κ3) is 4.20. The first-order valence-corrected chi connectivity index (χ1v) is 8.47. The summed E-state index contributed by atoms with van der Waals surface area (Å²) in [6.45, 7) is 1.10. The van der Waals surface area contributed by atoms with E-state index in [9.17, 15) is 10.0 Å². The second kappa shape index (κ2) is 7.57. The molecule has 1 aromatic carbocycles. The Hall–Kier alpha value is -2.21. The van der Waals surface area contributed by atoms with Gasteiger partial charge in [-0.2, -0.15) is 0 Å². The van der Waals surface area contributed by atoms with Gasteiger partial charge in [-0.1, -0.05) is 19.3 Å². The fraction of sp³-hybridized carbons (Fsp3) is 0.500. The summed E-state index contributed by atoms with van der Waals surface area (Å²) in [7, 11) is 0. The van der Waals surface area contributed by atoms with Crippen LogP contribution in [0.25, 0.3) is 6.08 Å². The number of carbonyl (C=O) groups is 1. The Labute approximate surface area is 141 Å². The molecule has 0 atom stereocenters. The number of benzene rings is 1. The van der Waals surface area contributed by atoms with Gasteiger partial charge >= 0.3 is 6.03 Å². The van der Waals surface area contributed by atoms with Crippen LogP contribution < -0.4 is 15.2 Å². The Morgan fingerprint density at radius 3 is 2.88 bits per heavy atom. The third-order valence-corrected chi connectivity index (χ3v) is 4.57. The van der Waals surface area contributed by atoms with Crippen molar-refractivity contribution in [1.29, 1.82) is 0 Å². The molecule has 1 saturated carbocycles. The Morgan fingerprint density at radius 1 is 1.33 bits per heavy atom. The van der Waals surface area contributed by atoms with Crippen LogP contribution in [-0.2, 0) is 0 Å². The van der Waals surface area contributed by atoms with E-state index in [0.29, 0.717) is 17.6 Å². The maximum Gasteiger partial charge on any atom is 0.338 e. The van der Waals surface area contributed by atoms with Crippen molar-refractivity contribution in [2.24, 2.45) is 11.7 Å². The van der Waals surface area contributed by atoms with E-state index in [1.54, 1.807) is 0 Å². The number of ether oxygens (including phenoxy) is 2. The summed E-state index contributed by atoms with van der Waals surface area (Å²) >= 11 is 0. The fourth-order valence-corrected chi connectivity index (χ4v) is 3.22. The zero-order chi connectivity index (χ0) is 16.9. The number of nitrogens with zero attached hydrogens (tertiary/aromatic N) is 1. The molecular weight excluding hydrogens is 308 g/mol. The Balaban J connectivity index is 1.64. The van der Waals surface area contributed by atoms with Crippen LogP contribution in [0.3, 0.4) is 0 Å². The number of carbonyl (C=O) groups excluding carboxylic acids is 1. The molecule has 2 amide bonds. The van der Waals surface area contributed by atoms with Crippen LogP contribution in [-0.4, -0.2) is 36.1 Å². The Morgan fingerprint density at radius 2 is 2.12 bits per heavy atom. The molecule has 3 N–H and O–H groups in total. The number of fused-ring (bicyclic) bond motifs is 1. The van der Waals surface area contributed by atoms with Crippen molar-refractivity contribution in [2.45, 2.75) is 32.1 Å². The largest absolute Gasteiger partial charge is 0.493 e. The van der Waals surface area contributed by atoms with Gasteiger partial charge in [0.1, 0.15) is 18.1 Å². The van der Waals surface area contributed by atoms with Crippen LogP contribution in [0.15, 0.2) is 23.8 Å². The van der Waals surface area contributed by atoms with Gasteiger partial charge in [0.2, 0.25) is 0 Å². The zero-order valence-corrected chi connectivity index (χ0v) is 13.7. The lowest BCUT2D eigenvalue weighted by Crippen LogP contribution is -2.35. The van der Waals surface area contributed by atoms with Crippen LogP contribution in [0.1, 0.15) is 37.7 Å². The van der Waals surface area contributed by atoms with Crippen molar-refractivity contribution in [3.8, 4) is 11.5 Å². The predicted octanol–water partition coefficient (Wildman–Crippen LogP) is 3.19. The smallest absolute Gasteiger partial charge is 0.338 e. The van der Waals surface area contributed by atoms with Crippen molar-refractivity contribution in [3.05, 3.63) is 29.3 Å². The molecule has 0 aromatic heterocycles. The third-order valence-electron chi connectivity index (χ3n) is 4.57. The minimum absolute atomic E-state index is 0.0297. The standard InChI is InChI=1S/C18H24N2O4/c19-18(21)20(22)10-14-8-15-9-16(6-7-17(15)24-12-14)23-11-13-4-2-1-3-5-13/h6-9,13,22H,1-5,10-12H2,(H2,19,21). The van der Waals surface area contributed by atoms with Crippen molar-refractivity contribution in [2.75, 3.05) is 19.8 Å². The number of urea groups is 1. The lowest BCUT2D eigenvalue weighted by Gasteiger charge is -2.23. The summed E-state index contributed by atoms with van der Waals surface area (Å²) in [5, 5.41) is 9.92. The van der Waals surface area contributed by atoms with E-state index in [2.05, 4.69) is 0 Å². The summed E-state index contributed by atoms with van der Waals surface area (Å²) in [5.74, 6) is 2.24. The average Bonchev–Trinajstić information content (AvgIpc) is 2.60. The van der Waals surface area contributed by atoms with Gasteiger partial charge in [-0.3, -0.25) is 5.21 Å². The minimum Gasteiger partial charge on any atom is -0.493 e. The van der Waals surface area contributed by atoms with E-state index >= 15 is 0 Å². The van der Waals surface area contributed by atoms with Gasteiger partial charge in [0.15, 0.2) is 0 Å². The highest BCUT2D eigenvalue weighted by Crippen LogP contribution is 2.31. The number of nitrogens with two attached hydrogens (primary N) is 1. The van der Waals surface area contributed by atoms with E-state index in [1.165, 1.54) is 32.1 Å². The van der Waals surface area contributed by atoms with Crippen LogP contribution in [0.4, 0.5) is 4.79 Å². The molecule has 2 aliphatic rings. The summed E-state index contributed by atoms with van der Waals surface area (Å²) in [5.41, 5.74) is 6.69. The van der Waals surface area contributed by atoms with E-state index in [-0.39, 0.29) is 6.54 Å². The minimum atomic E-state index is -0.883.